The average molecular weight is 320 g/mol. The first-order valence-corrected chi connectivity index (χ1v) is 8.45. The first kappa shape index (κ1) is 14.1. The van der Waals surface area contributed by atoms with Crippen LogP contribution in [0.3, 0.4) is 0 Å². The zero-order chi connectivity index (χ0) is 16.8. The summed E-state index contributed by atoms with van der Waals surface area (Å²) in [5.74, 6) is 0. The summed E-state index contributed by atoms with van der Waals surface area (Å²) in [4.78, 5) is 9.95. The molecule has 3 aromatic carbocycles. The van der Waals surface area contributed by atoms with Crippen LogP contribution in [-0.4, -0.2) is 10.7 Å². The molecule has 1 heterocycles. The minimum Gasteiger partial charge on any atom is -0.248 e. The van der Waals surface area contributed by atoms with E-state index in [1.165, 1.54) is 5.56 Å². The van der Waals surface area contributed by atoms with Gasteiger partial charge in [0.25, 0.3) is 0 Å². The molecule has 0 bridgehead atoms. The molecule has 25 heavy (non-hydrogen) atoms. The molecule has 0 saturated heterocycles. The summed E-state index contributed by atoms with van der Waals surface area (Å²) in [6.45, 7) is 2.11. The Balaban J connectivity index is 1.84. The molecule has 0 fully saturated rings. The number of fused-ring (bicyclic) bond motifs is 4. The molecule has 0 unspecified atom stereocenters. The molecule has 1 aliphatic carbocycles. The standard InChI is InChI=1S/C23H16N2/c1-15-8-7-9-16-14-20-22(24-17-10-3-2-4-11-17)18-12-5-6-13-19(18)23(20)25-21(15)16/h2-14H,1H3. The minimum atomic E-state index is 0.962. The monoisotopic (exact) mass is 320 g/mol. The molecule has 0 N–H and O–H groups in total. The van der Waals surface area contributed by atoms with E-state index in [-0.39, 0.29) is 0 Å². The van der Waals surface area contributed by atoms with Gasteiger partial charge < -0.3 is 0 Å². The lowest BCUT2D eigenvalue weighted by Gasteiger charge is -2.06. The third-order valence-electron chi connectivity index (χ3n) is 4.74. The van der Waals surface area contributed by atoms with Crippen molar-refractivity contribution in [3.8, 4) is 11.3 Å². The number of aliphatic imine (C=N–C) groups is 1. The second-order valence-corrected chi connectivity index (χ2v) is 6.37. The van der Waals surface area contributed by atoms with Gasteiger partial charge in [-0.15, -0.1) is 0 Å². The van der Waals surface area contributed by atoms with E-state index < -0.39 is 0 Å². The molecule has 2 heteroatoms. The number of aromatic nitrogens is 1. The van der Waals surface area contributed by atoms with Crippen LogP contribution in [0.4, 0.5) is 5.69 Å². The minimum absolute atomic E-state index is 0.962. The highest BCUT2D eigenvalue weighted by Crippen LogP contribution is 2.38. The fourth-order valence-electron chi connectivity index (χ4n) is 3.53. The molecular formula is C23H16N2. The van der Waals surface area contributed by atoms with Gasteiger partial charge in [-0.2, -0.15) is 0 Å². The summed E-state index contributed by atoms with van der Waals surface area (Å²) < 4.78 is 0. The van der Waals surface area contributed by atoms with Crippen LogP contribution >= 0.6 is 0 Å². The molecule has 0 saturated carbocycles. The molecule has 0 radical (unpaired) electrons. The summed E-state index contributed by atoms with van der Waals surface area (Å²) in [5.41, 5.74) is 8.70. The van der Waals surface area contributed by atoms with Gasteiger partial charge in [0.2, 0.25) is 0 Å². The number of nitrogens with zero attached hydrogens (tertiary/aromatic N) is 2. The Morgan fingerprint density at radius 2 is 1.48 bits per heavy atom. The van der Waals surface area contributed by atoms with E-state index in [9.17, 15) is 0 Å². The Morgan fingerprint density at radius 1 is 0.720 bits per heavy atom. The van der Waals surface area contributed by atoms with Crippen molar-refractivity contribution in [2.75, 3.05) is 0 Å². The smallest absolute Gasteiger partial charge is 0.0810 e. The van der Waals surface area contributed by atoms with Crippen LogP contribution in [0.2, 0.25) is 0 Å². The highest BCUT2D eigenvalue weighted by Gasteiger charge is 2.26. The highest BCUT2D eigenvalue weighted by molar-refractivity contribution is 6.25. The second kappa shape index (κ2) is 5.38. The van der Waals surface area contributed by atoms with E-state index in [1.807, 2.05) is 30.3 Å². The molecular weight excluding hydrogens is 304 g/mol. The number of benzene rings is 3. The fraction of sp³-hybridized carbons (Fsp3) is 0.0435. The Labute approximate surface area is 146 Å². The van der Waals surface area contributed by atoms with Crippen LogP contribution in [0.25, 0.3) is 22.2 Å². The third-order valence-corrected chi connectivity index (χ3v) is 4.74. The van der Waals surface area contributed by atoms with E-state index in [0.29, 0.717) is 0 Å². The van der Waals surface area contributed by atoms with Crippen LogP contribution in [0.15, 0.2) is 83.9 Å². The van der Waals surface area contributed by atoms with Gasteiger partial charge in [0.1, 0.15) is 0 Å². The van der Waals surface area contributed by atoms with E-state index in [2.05, 4.69) is 55.5 Å². The lowest BCUT2D eigenvalue weighted by molar-refractivity contribution is 1.36. The molecule has 4 aromatic rings. The zero-order valence-electron chi connectivity index (χ0n) is 13.9. The number of hydrogen-bond acceptors (Lipinski definition) is 2. The number of para-hydroxylation sites is 2. The Bertz CT molecular complexity index is 1140. The topological polar surface area (TPSA) is 25.2 Å². The second-order valence-electron chi connectivity index (χ2n) is 6.37. The van der Waals surface area contributed by atoms with Crippen LogP contribution in [0, 0.1) is 6.92 Å². The van der Waals surface area contributed by atoms with E-state index in [1.54, 1.807) is 0 Å². The van der Waals surface area contributed by atoms with Crippen molar-refractivity contribution in [1.29, 1.82) is 0 Å². The molecule has 0 spiro atoms. The van der Waals surface area contributed by atoms with Crippen LogP contribution in [-0.2, 0) is 0 Å². The quantitative estimate of drug-likeness (QED) is 0.389. The summed E-state index contributed by atoms with van der Waals surface area (Å²) in [6.07, 6.45) is 0. The molecule has 0 amide bonds. The highest BCUT2D eigenvalue weighted by atomic mass is 14.8. The average Bonchev–Trinajstić information content (AvgIpc) is 2.95. The number of hydrogen-bond donors (Lipinski definition) is 0. The molecule has 0 aliphatic heterocycles. The van der Waals surface area contributed by atoms with Gasteiger partial charge in [-0.1, -0.05) is 60.7 Å². The van der Waals surface area contributed by atoms with Gasteiger partial charge in [-0.25, -0.2) is 9.98 Å². The Kier molecular flexibility index (Phi) is 3.04. The maximum absolute atomic E-state index is 5.01. The molecule has 1 aliphatic rings. The summed E-state index contributed by atoms with van der Waals surface area (Å²) in [7, 11) is 0. The first-order chi connectivity index (χ1) is 12.3. The third kappa shape index (κ3) is 2.18. The van der Waals surface area contributed by atoms with Crippen molar-refractivity contribution < 1.29 is 0 Å². The van der Waals surface area contributed by atoms with E-state index >= 15 is 0 Å². The molecule has 2 nitrogen and oxygen atoms in total. The van der Waals surface area contributed by atoms with Gasteiger partial charge >= 0.3 is 0 Å². The van der Waals surface area contributed by atoms with Gasteiger partial charge in [-0.05, 0) is 30.7 Å². The summed E-state index contributed by atoms with van der Waals surface area (Å²) in [6, 6.07) is 27.1. The lowest BCUT2D eigenvalue weighted by atomic mass is 10.1. The van der Waals surface area contributed by atoms with Gasteiger partial charge in [0.15, 0.2) is 0 Å². The molecule has 1 aromatic heterocycles. The molecule has 5 rings (SSSR count). The number of aryl methyl sites for hydroxylation is 1. The van der Waals surface area contributed by atoms with Crippen molar-refractivity contribution in [2.45, 2.75) is 6.92 Å². The lowest BCUT2D eigenvalue weighted by Crippen LogP contribution is -1.98. The van der Waals surface area contributed by atoms with E-state index in [0.717, 1.165) is 44.7 Å². The predicted octanol–water partition coefficient (Wildman–Crippen LogP) is 5.69. The van der Waals surface area contributed by atoms with Crippen molar-refractivity contribution in [3.63, 3.8) is 0 Å². The first-order valence-electron chi connectivity index (χ1n) is 8.45. The van der Waals surface area contributed by atoms with Crippen LogP contribution in [0.1, 0.15) is 16.7 Å². The van der Waals surface area contributed by atoms with Crippen LogP contribution in [0.5, 0.6) is 0 Å². The largest absolute Gasteiger partial charge is 0.248 e. The van der Waals surface area contributed by atoms with Crippen molar-refractivity contribution >= 4 is 22.3 Å². The van der Waals surface area contributed by atoms with Gasteiger partial charge in [0.05, 0.1) is 22.6 Å². The fourth-order valence-corrected chi connectivity index (χ4v) is 3.53. The predicted molar refractivity (Wildman–Crippen MR) is 104 cm³/mol. The zero-order valence-corrected chi connectivity index (χ0v) is 13.9. The maximum atomic E-state index is 5.01. The normalized spacial score (nSPS) is 13.9. The maximum Gasteiger partial charge on any atom is 0.0810 e. The number of rotatable bonds is 1. The van der Waals surface area contributed by atoms with Crippen molar-refractivity contribution in [2.24, 2.45) is 4.99 Å². The van der Waals surface area contributed by atoms with E-state index in [4.69, 9.17) is 9.98 Å². The summed E-state index contributed by atoms with van der Waals surface area (Å²) in [5, 5.41) is 1.16. The van der Waals surface area contributed by atoms with Gasteiger partial charge in [-0.3, -0.25) is 0 Å². The Morgan fingerprint density at radius 3 is 2.32 bits per heavy atom. The summed E-state index contributed by atoms with van der Waals surface area (Å²) >= 11 is 0. The van der Waals surface area contributed by atoms with Gasteiger partial charge in [0, 0.05) is 22.1 Å². The van der Waals surface area contributed by atoms with Crippen molar-refractivity contribution in [1.82, 2.24) is 4.98 Å². The number of pyridine rings is 1. The van der Waals surface area contributed by atoms with Crippen LogP contribution < -0.4 is 0 Å². The molecule has 118 valence electrons. The van der Waals surface area contributed by atoms with Crippen molar-refractivity contribution in [3.05, 3.63) is 95.6 Å². The molecule has 0 atom stereocenters. The Hall–Kier alpha value is -3.26. The SMILES string of the molecule is Cc1cccc2cc3c(nc12)-c1ccccc1C3=Nc1ccccc1.